The number of anilines is 2. The molecule has 0 aliphatic carbocycles. The molecule has 0 bridgehead atoms. The molecule has 1 unspecified atom stereocenters. The van der Waals surface area contributed by atoms with E-state index in [4.69, 9.17) is 10.6 Å². The van der Waals surface area contributed by atoms with Crippen molar-refractivity contribution in [2.75, 3.05) is 17.9 Å². The molecular formula is C12H18N6OS. The summed E-state index contributed by atoms with van der Waals surface area (Å²) in [6, 6.07) is 0.0654. The molecule has 0 aromatic carbocycles. The SMILES string of the molecule is COc1c(NN)ncnc1NC(C)c1sc(C)nc1C. The van der Waals surface area contributed by atoms with Crippen LogP contribution in [-0.2, 0) is 0 Å². The topological polar surface area (TPSA) is 98.0 Å². The summed E-state index contributed by atoms with van der Waals surface area (Å²) in [6.07, 6.45) is 1.43. The Morgan fingerprint density at radius 1 is 1.30 bits per heavy atom. The van der Waals surface area contributed by atoms with Gasteiger partial charge in [0.2, 0.25) is 5.75 Å². The lowest BCUT2D eigenvalue weighted by atomic mass is 10.2. The fraction of sp³-hybridized carbons (Fsp3) is 0.417. The van der Waals surface area contributed by atoms with Gasteiger partial charge in [0.05, 0.1) is 23.9 Å². The first-order chi connectivity index (χ1) is 9.56. The zero-order valence-electron chi connectivity index (χ0n) is 11.9. The zero-order valence-corrected chi connectivity index (χ0v) is 12.7. The Balaban J connectivity index is 2.28. The first-order valence-electron chi connectivity index (χ1n) is 6.12. The summed E-state index contributed by atoms with van der Waals surface area (Å²) >= 11 is 1.67. The number of hydrogen-bond acceptors (Lipinski definition) is 8. The zero-order chi connectivity index (χ0) is 14.7. The van der Waals surface area contributed by atoms with Crippen molar-refractivity contribution in [2.45, 2.75) is 26.8 Å². The second kappa shape index (κ2) is 6.02. The van der Waals surface area contributed by atoms with Gasteiger partial charge in [-0.05, 0) is 20.8 Å². The van der Waals surface area contributed by atoms with Gasteiger partial charge in [0.1, 0.15) is 6.33 Å². The van der Waals surface area contributed by atoms with Gasteiger partial charge >= 0.3 is 0 Å². The average Bonchev–Trinajstić information content (AvgIpc) is 2.77. The highest BCUT2D eigenvalue weighted by molar-refractivity contribution is 7.11. The van der Waals surface area contributed by atoms with Crippen LogP contribution in [0.2, 0.25) is 0 Å². The monoisotopic (exact) mass is 294 g/mol. The van der Waals surface area contributed by atoms with Gasteiger partial charge in [0.15, 0.2) is 11.6 Å². The molecule has 0 saturated carbocycles. The Morgan fingerprint density at radius 3 is 2.55 bits per heavy atom. The number of hydrogen-bond donors (Lipinski definition) is 3. The van der Waals surface area contributed by atoms with Crippen LogP contribution in [0.5, 0.6) is 5.75 Å². The third-order valence-electron chi connectivity index (χ3n) is 2.83. The molecule has 8 heteroatoms. The van der Waals surface area contributed by atoms with Crippen molar-refractivity contribution in [1.29, 1.82) is 0 Å². The molecule has 0 amide bonds. The summed E-state index contributed by atoms with van der Waals surface area (Å²) in [6.45, 7) is 6.05. The summed E-state index contributed by atoms with van der Waals surface area (Å²) < 4.78 is 5.30. The van der Waals surface area contributed by atoms with Gasteiger partial charge in [-0.15, -0.1) is 11.3 Å². The molecule has 0 saturated heterocycles. The number of aromatic nitrogens is 3. The number of ether oxygens (including phenoxy) is 1. The molecule has 2 rings (SSSR count). The van der Waals surface area contributed by atoms with E-state index in [2.05, 4.69) is 32.6 Å². The van der Waals surface area contributed by atoms with Crippen LogP contribution in [0.3, 0.4) is 0 Å². The molecule has 7 nitrogen and oxygen atoms in total. The summed E-state index contributed by atoms with van der Waals surface area (Å²) in [4.78, 5) is 13.8. The third-order valence-corrected chi connectivity index (χ3v) is 4.09. The molecule has 0 aliphatic heterocycles. The van der Waals surface area contributed by atoms with E-state index < -0.39 is 0 Å². The Hall–Kier alpha value is -1.93. The van der Waals surface area contributed by atoms with Crippen LogP contribution in [0.15, 0.2) is 6.33 Å². The largest absolute Gasteiger partial charge is 0.490 e. The Morgan fingerprint density at radius 2 is 2.00 bits per heavy atom. The van der Waals surface area contributed by atoms with Crippen LogP contribution < -0.4 is 21.3 Å². The van der Waals surface area contributed by atoms with E-state index in [1.54, 1.807) is 18.4 Å². The molecule has 2 aromatic heterocycles. The van der Waals surface area contributed by atoms with Gasteiger partial charge in [0.25, 0.3) is 0 Å². The maximum Gasteiger partial charge on any atom is 0.205 e. The van der Waals surface area contributed by atoms with Crippen molar-refractivity contribution in [3.8, 4) is 5.75 Å². The summed E-state index contributed by atoms with van der Waals surface area (Å²) in [5, 5.41) is 4.35. The van der Waals surface area contributed by atoms with Crippen molar-refractivity contribution in [3.63, 3.8) is 0 Å². The molecule has 0 spiro atoms. The highest BCUT2D eigenvalue weighted by atomic mass is 32.1. The summed E-state index contributed by atoms with van der Waals surface area (Å²) in [5.74, 6) is 6.93. The van der Waals surface area contributed by atoms with E-state index in [1.165, 1.54) is 11.2 Å². The molecule has 2 heterocycles. The number of thiazole rings is 1. The molecule has 108 valence electrons. The first-order valence-corrected chi connectivity index (χ1v) is 6.94. The number of hydrazine groups is 1. The van der Waals surface area contributed by atoms with Crippen LogP contribution >= 0.6 is 11.3 Å². The first kappa shape index (κ1) is 14.5. The van der Waals surface area contributed by atoms with Crippen molar-refractivity contribution >= 4 is 23.0 Å². The quantitative estimate of drug-likeness (QED) is 0.573. The Bertz CT molecular complexity index is 600. The van der Waals surface area contributed by atoms with E-state index in [0.717, 1.165) is 10.7 Å². The average molecular weight is 294 g/mol. The molecule has 0 fully saturated rings. The van der Waals surface area contributed by atoms with Crippen molar-refractivity contribution in [2.24, 2.45) is 5.84 Å². The van der Waals surface area contributed by atoms with Gasteiger partial charge in [-0.2, -0.15) is 0 Å². The van der Waals surface area contributed by atoms with Gasteiger partial charge in [-0.1, -0.05) is 0 Å². The maximum absolute atomic E-state index is 5.41. The fourth-order valence-corrected chi connectivity index (χ4v) is 2.92. The van der Waals surface area contributed by atoms with E-state index in [9.17, 15) is 0 Å². The predicted octanol–water partition coefficient (Wildman–Crippen LogP) is 2.02. The smallest absolute Gasteiger partial charge is 0.205 e. The van der Waals surface area contributed by atoms with Gasteiger partial charge in [-0.3, -0.25) is 0 Å². The number of nitrogens with two attached hydrogens (primary N) is 1. The van der Waals surface area contributed by atoms with Crippen molar-refractivity contribution in [1.82, 2.24) is 15.0 Å². The lowest BCUT2D eigenvalue weighted by Gasteiger charge is -2.17. The molecular weight excluding hydrogens is 276 g/mol. The maximum atomic E-state index is 5.41. The van der Waals surface area contributed by atoms with E-state index in [0.29, 0.717) is 17.4 Å². The number of aryl methyl sites for hydroxylation is 2. The second-order valence-corrected chi connectivity index (χ2v) is 5.53. The van der Waals surface area contributed by atoms with Crippen LogP contribution in [0, 0.1) is 13.8 Å². The number of nitrogens with zero attached hydrogens (tertiary/aromatic N) is 3. The van der Waals surface area contributed by atoms with Crippen LogP contribution in [0.1, 0.15) is 28.5 Å². The van der Waals surface area contributed by atoms with Gasteiger partial charge in [-0.25, -0.2) is 20.8 Å². The van der Waals surface area contributed by atoms with Crippen LogP contribution in [-0.4, -0.2) is 22.1 Å². The summed E-state index contributed by atoms with van der Waals surface area (Å²) in [7, 11) is 1.55. The minimum Gasteiger partial charge on any atom is -0.490 e. The number of nitrogen functional groups attached to an aromatic ring is 1. The van der Waals surface area contributed by atoms with Gasteiger partial charge < -0.3 is 15.5 Å². The molecule has 4 N–H and O–H groups in total. The van der Waals surface area contributed by atoms with E-state index in [-0.39, 0.29) is 6.04 Å². The standard InChI is InChI=1S/C12H18N6OS/c1-6-10(20-8(3)16-6)7(2)17-11-9(19-4)12(18-13)15-5-14-11/h5,7H,13H2,1-4H3,(H2,14,15,17,18). The summed E-state index contributed by atoms with van der Waals surface area (Å²) in [5.41, 5.74) is 3.52. The molecule has 0 aliphatic rings. The minimum absolute atomic E-state index is 0.0654. The Labute approximate surface area is 121 Å². The molecule has 20 heavy (non-hydrogen) atoms. The molecule has 0 radical (unpaired) electrons. The van der Waals surface area contributed by atoms with Crippen molar-refractivity contribution < 1.29 is 4.74 Å². The molecule has 1 atom stereocenters. The minimum atomic E-state index is 0.0654. The lowest BCUT2D eigenvalue weighted by Crippen LogP contribution is -2.14. The highest BCUT2D eigenvalue weighted by Crippen LogP contribution is 2.33. The number of rotatable bonds is 5. The lowest BCUT2D eigenvalue weighted by molar-refractivity contribution is 0.414. The highest BCUT2D eigenvalue weighted by Gasteiger charge is 2.17. The van der Waals surface area contributed by atoms with E-state index in [1.807, 2.05) is 13.8 Å². The van der Waals surface area contributed by atoms with Crippen LogP contribution in [0.25, 0.3) is 0 Å². The predicted molar refractivity (Wildman–Crippen MR) is 80.0 cm³/mol. The number of methoxy groups -OCH3 is 1. The van der Waals surface area contributed by atoms with E-state index >= 15 is 0 Å². The van der Waals surface area contributed by atoms with Gasteiger partial charge in [0, 0.05) is 4.88 Å². The second-order valence-electron chi connectivity index (χ2n) is 4.30. The third kappa shape index (κ3) is 2.81. The molecule has 2 aromatic rings. The van der Waals surface area contributed by atoms with Crippen LogP contribution in [0.4, 0.5) is 11.6 Å². The number of nitrogens with one attached hydrogen (secondary N) is 2. The normalized spacial score (nSPS) is 12.1. The van der Waals surface area contributed by atoms with Crippen molar-refractivity contribution in [3.05, 3.63) is 21.9 Å². The Kier molecular flexibility index (Phi) is 4.35. The fourth-order valence-electron chi connectivity index (χ4n) is 1.99.